The van der Waals surface area contributed by atoms with Crippen LogP contribution in [-0.2, 0) is 22.4 Å². The molecule has 5 rings (SSSR count). The molecular formula is C29H25ClN2O4. The molecule has 1 heterocycles. The second-order valence-corrected chi connectivity index (χ2v) is 9.20. The number of carbonyl (C=O) groups excluding carboxylic acids is 1. The number of aryl methyl sites for hydroxylation is 1. The Balaban J connectivity index is 1.30. The van der Waals surface area contributed by atoms with E-state index in [1.165, 1.54) is 0 Å². The summed E-state index contributed by atoms with van der Waals surface area (Å²) < 4.78 is 5.53. The maximum Gasteiger partial charge on any atom is 0.407 e. The smallest absolute Gasteiger partial charge is 0.407 e. The highest BCUT2D eigenvalue weighted by molar-refractivity contribution is 6.30. The predicted molar refractivity (Wildman–Crippen MR) is 139 cm³/mol. The van der Waals surface area contributed by atoms with E-state index >= 15 is 0 Å². The maximum atomic E-state index is 12.7. The molecule has 0 saturated carbocycles. The van der Waals surface area contributed by atoms with E-state index in [4.69, 9.17) is 16.3 Å². The van der Waals surface area contributed by atoms with Gasteiger partial charge in [-0.05, 0) is 45.9 Å². The number of para-hydroxylation sites is 1. The van der Waals surface area contributed by atoms with Crippen molar-refractivity contribution < 1.29 is 19.4 Å². The van der Waals surface area contributed by atoms with Crippen molar-refractivity contribution in [3.05, 3.63) is 100 Å². The monoisotopic (exact) mass is 500 g/mol. The van der Waals surface area contributed by atoms with E-state index in [-0.39, 0.29) is 24.1 Å². The highest BCUT2D eigenvalue weighted by atomic mass is 35.5. The summed E-state index contributed by atoms with van der Waals surface area (Å²) >= 11 is 6.41. The standard InChI is InChI=1S/C29H25ClN2O4/c1-2-17-8-7-9-18-14-19(27(30)32-26(17)18)15-25(28(33)34)31-29(35)36-16-24-22-12-5-3-10-20(22)21-11-4-6-13-23(21)24/h3-14,24-25H,2,15-16H2,1H3,(H,31,35)(H,33,34). The number of alkyl carbamates (subject to hydrolysis) is 1. The lowest BCUT2D eigenvalue weighted by Crippen LogP contribution is -2.43. The number of hydrogen-bond acceptors (Lipinski definition) is 4. The average Bonchev–Trinajstić information content (AvgIpc) is 3.20. The molecule has 1 amide bonds. The number of halogens is 1. The van der Waals surface area contributed by atoms with Gasteiger partial charge in [-0.1, -0.05) is 85.3 Å². The molecule has 36 heavy (non-hydrogen) atoms. The van der Waals surface area contributed by atoms with Crippen LogP contribution in [-0.4, -0.2) is 34.8 Å². The van der Waals surface area contributed by atoms with Gasteiger partial charge in [-0.15, -0.1) is 0 Å². The molecule has 0 fully saturated rings. The van der Waals surface area contributed by atoms with Crippen molar-refractivity contribution in [1.82, 2.24) is 10.3 Å². The molecule has 4 aromatic rings. The molecule has 1 unspecified atom stereocenters. The summed E-state index contributed by atoms with van der Waals surface area (Å²) in [7, 11) is 0. The van der Waals surface area contributed by atoms with Crippen molar-refractivity contribution in [2.45, 2.75) is 31.7 Å². The minimum absolute atomic E-state index is 0.0162. The van der Waals surface area contributed by atoms with Crippen LogP contribution in [0.5, 0.6) is 0 Å². The lowest BCUT2D eigenvalue weighted by molar-refractivity contribution is -0.139. The summed E-state index contributed by atoms with van der Waals surface area (Å²) in [5.74, 6) is -1.29. The number of nitrogens with one attached hydrogen (secondary N) is 1. The van der Waals surface area contributed by atoms with Crippen LogP contribution >= 0.6 is 11.6 Å². The van der Waals surface area contributed by atoms with Crippen molar-refractivity contribution in [3.63, 3.8) is 0 Å². The van der Waals surface area contributed by atoms with Crippen molar-refractivity contribution in [3.8, 4) is 11.1 Å². The zero-order valence-electron chi connectivity index (χ0n) is 19.7. The molecule has 1 aromatic heterocycles. The van der Waals surface area contributed by atoms with Crippen LogP contribution in [0.2, 0.25) is 5.15 Å². The first-order valence-electron chi connectivity index (χ1n) is 11.9. The van der Waals surface area contributed by atoms with Gasteiger partial charge in [-0.2, -0.15) is 0 Å². The molecule has 7 heteroatoms. The van der Waals surface area contributed by atoms with Gasteiger partial charge in [0.15, 0.2) is 0 Å². The summed E-state index contributed by atoms with van der Waals surface area (Å²) in [6.45, 7) is 2.14. The van der Waals surface area contributed by atoms with Crippen molar-refractivity contribution >= 4 is 34.6 Å². The van der Waals surface area contributed by atoms with E-state index in [1.807, 2.05) is 67.6 Å². The van der Waals surface area contributed by atoms with Crippen LogP contribution < -0.4 is 5.32 Å². The number of rotatable bonds is 7. The fraction of sp³-hybridized carbons (Fsp3) is 0.207. The van der Waals surface area contributed by atoms with Gasteiger partial charge in [-0.25, -0.2) is 14.6 Å². The van der Waals surface area contributed by atoms with E-state index in [9.17, 15) is 14.7 Å². The number of aliphatic carboxylic acids is 1. The minimum atomic E-state index is -1.22. The number of fused-ring (bicyclic) bond motifs is 4. The van der Waals surface area contributed by atoms with Gasteiger partial charge in [0.25, 0.3) is 0 Å². The van der Waals surface area contributed by atoms with Gasteiger partial charge in [0.05, 0.1) is 5.52 Å². The second kappa shape index (κ2) is 9.99. The molecule has 0 aliphatic heterocycles. The third kappa shape index (κ3) is 4.52. The van der Waals surface area contributed by atoms with Crippen LogP contribution in [0.4, 0.5) is 4.79 Å². The zero-order valence-corrected chi connectivity index (χ0v) is 20.5. The first-order valence-corrected chi connectivity index (χ1v) is 12.3. The van der Waals surface area contributed by atoms with Crippen LogP contribution in [0.1, 0.15) is 35.1 Å². The number of ether oxygens (including phenoxy) is 1. The van der Waals surface area contributed by atoms with Crippen LogP contribution in [0.15, 0.2) is 72.8 Å². The first kappa shape index (κ1) is 23.8. The maximum absolute atomic E-state index is 12.7. The number of amides is 1. The van der Waals surface area contributed by atoms with Gasteiger partial charge >= 0.3 is 12.1 Å². The summed E-state index contributed by atoms with van der Waals surface area (Å²) in [4.78, 5) is 29.1. The highest BCUT2D eigenvalue weighted by Crippen LogP contribution is 2.44. The van der Waals surface area contributed by atoms with Crippen LogP contribution in [0.25, 0.3) is 22.0 Å². The van der Waals surface area contributed by atoms with Gasteiger partial charge in [0.2, 0.25) is 0 Å². The predicted octanol–water partition coefficient (Wildman–Crippen LogP) is 5.99. The fourth-order valence-corrected chi connectivity index (χ4v) is 5.13. The summed E-state index contributed by atoms with van der Waals surface area (Å²) in [5.41, 5.74) is 6.82. The molecule has 1 atom stereocenters. The Bertz CT molecular complexity index is 1420. The largest absolute Gasteiger partial charge is 0.480 e. The van der Waals surface area contributed by atoms with Gasteiger partial charge in [0, 0.05) is 17.7 Å². The van der Waals surface area contributed by atoms with Crippen molar-refractivity contribution in [2.75, 3.05) is 6.61 Å². The third-order valence-electron chi connectivity index (χ3n) is 6.69. The van der Waals surface area contributed by atoms with Crippen molar-refractivity contribution in [2.24, 2.45) is 0 Å². The number of carboxylic acids is 1. The Morgan fingerprint density at radius 2 is 1.67 bits per heavy atom. The zero-order chi connectivity index (χ0) is 25.2. The number of pyridine rings is 1. The first-order chi connectivity index (χ1) is 17.5. The Morgan fingerprint density at radius 1 is 1.00 bits per heavy atom. The topological polar surface area (TPSA) is 88.5 Å². The van der Waals surface area contributed by atoms with Gasteiger partial charge < -0.3 is 15.2 Å². The summed E-state index contributed by atoms with van der Waals surface area (Å²) in [5, 5.41) is 13.4. The fourth-order valence-electron chi connectivity index (χ4n) is 4.91. The molecule has 0 spiro atoms. The number of carbonyl (C=O) groups is 2. The van der Waals surface area contributed by atoms with Gasteiger partial charge in [0.1, 0.15) is 17.8 Å². The van der Waals surface area contributed by atoms with Crippen LogP contribution in [0.3, 0.4) is 0 Å². The Hall–Kier alpha value is -3.90. The van der Waals surface area contributed by atoms with E-state index in [1.54, 1.807) is 0 Å². The molecule has 0 bridgehead atoms. The number of hydrogen-bond donors (Lipinski definition) is 2. The molecule has 0 radical (unpaired) electrons. The molecule has 3 aromatic carbocycles. The molecule has 0 saturated heterocycles. The molecular weight excluding hydrogens is 476 g/mol. The Kier molecular flexibility index (Phi) is 6.61. The normalized spacial score (nSPS) is 13.2. The van der Waals surface area contributed by atoms with E-state index in [2.05, 4.69) is 22.4 Å². The van der Waals surface area contributed by atoms with Crippen LogP contribution in [0, 0.1) is 0 Å². The summed E-state index contributed by atoms with van der Waals surface area (Å²) in [6.07, 6.45) is 0.000995. The molecule has 2 N–H and O–H groups in total. The highest BCUT2D eigenvalue weighted by Gasteiger charge is 2.30. The van der Waals surface area contributed by atoms with Crippen molar-refractivity contribution in [1.29, 1.82) is 0 Å². The summed E-state index contributed by atoms with van der Waals surface area (Å²) in [6, 6.07) is 22.5. The number of benzene rings is 3. The third-order valence-corrected chi connectivity index (χ3v) is 7.02. The number of carboxylic acid groups (broad SMARTS) is 1. The Labute approximate surface area is 213 Å². The Morgan fingerprint density at radius 3 is 2.31 bits per heavy atom. The lowest BCUT2D eigenvalue weighted by atomic mass is 9.98. The molecule has 1 aliphatic carbocycles. The molecule has 6 nitrogen and oxygen atoms in total. The van der Waals surface area contributed by atoms with E-state index in [0.29, 0.717) is 5.56 Å². The SMILES string of the molecule is CCc1cccc2cc(CC(NC(=O)OCC3c4ccccc4-c4ccccc43)C(=O)O)c(Cl)nc12. The van der Waals surface area contributed by atoms with E-state index < -0.39 is 18.1 Å². The quantitative estimate of drug-likeness (QED) is 0.304. The average molecular weight is 501 g/mol. The second-order valence-electron chi connectivity index (χ2n) is 8.85. The number of nitrogens with zero attached hydrogens (tertiary/aromatic N) is 1. The van der Waals surface area contributed by atoms with Gasteiger partial charge in [-0.3, -0.25) is 0 Å². The number of aromatic nitrogens is 1. The minimum Gasteiger partial charge on any atom is -0.480 e. The molecule has 1 aliphatic rings. The molecule has 182 valence electrons. The van der Waals surface area contributed by atoms with E-state index in [0.717, 1.165) is 45.1 Å². The lowest BCUT2D eigenvalue weighted by Gasteiger charge is -2.18.